The lowest BCUT2D eigenvalue weighted by atomic mass is 10.1. The normalized spacial score (nSPS) is 11.2. The Kier molecular flexibility index (Phi) is 7.95. The average molecular weight is 450 g/mol. The Morgan fingerprint density at radius 3 is 2.42 bits per heavy atom. The minimum absolute atomic E-state index is 0.209. The van der Waals surface area contributed by atoms with E-state index in [0.29, 0.717) is 46.4 Å². The molecule has 0 aliphatic rings. The van der Waals surface area contributed by atoms with Crippen molar-refractivity contribution in [3.8, 4) is 29.1 Å². The van der Waals surface area contributed by atoms with Crippen LogP contribution in [0.3, 0.4) is 0 Å². The molecule has 8 heteroatoms. The Morgan fingerprint density at radius 1 is 1.09 bits per heavy atom. The third-order valence-electron chi connectivity index (χ3n) is 4.62. The molecule has 0 spiro atoms. The van der Waals surface area contributed by atoms with Crippen molar-refractivity contribution < 1.29 is 23.7 Å². The molecule has 0 bridgehead atoms. The number of hydrogen-bond acceptors (Lipinski definition) is 6. The molecule has 2 aromatic carbocycles. The second kappa shape index (κ2) is 11.1. The highest BCUT2D eigenvalue weighted by Gasteiger charge is 2.13. The van der Waals surface area contributed by atoms with Gasteiger partial charge in [-0.05, 0) is 37.3 Å². The van der Waals surface area contributed by atoms with Gasteiger partial charge in [0, 0.05) is 37.5 Å². The predicted molar refractivity (Wildman–Crippen MR) is 125 cm³/mol. The molecule has 0 aliphatic carbocycles. The van der Waals surface area contributed by atoms with Crippen molar-refractivity contribution in [2.45, 2.75) is 13.0 Å². The summed E-state index contributed by atoms with van der Waals surface area (Å²) in [5.74, 6) is 8.02. The zero-order valence-corrected chi connectivity index (χ0v) is 19.3. The molecule has 1 heterocycles. The van der Waals surface area contributed by atoms with Crippen LogP contribution in [0.5, 0.6) is 17.2 Å². The first-order valence-electron chi connectivity index (χ1n) is 10.3. The molecule has 1 aromatic heterocycles. The lowest BCUT2D eigenvalue weighted by molar-refractivity contribution is 0.0917. The van der Waals surface area contributed by atoms with E-state index < -0.39 is 0 Å². The van der Waals surface area contributed by atoms with Crippen LogP contribution in [-0.4, -0.2) is 49.7 Å². The van der Waals surface area contributed by atoms with E-state index in [1.807, 2.05) is 25.1 Å². The van der Waals surface area contributed by atoms with Gasteiger partial charge in [0.15, 0.2) is 5.82 Å². The van der Waals surface area contributed by atoms with Gasteiger partial charge in [0.1, 0.15) is 28.9 Å². The third kappa shape index (κ3) is 6.28. The molecule has 0 saturated heterocycles. The first-order chi connectivity index (χ1) is 15.9. The van der Waals surface area contributed by atoms with Crippen molar-refractivity contribution in [3.05, 3.63) is 65.4 Å². The molecule has 3 aromatic rings. The molecule has 8 nitrogen and oxygen atoms in total. The number of nitrogens with zero attached hydrogens (tertiary/aromatic N) is 2. The monoisotopic (exact) mass is 449 g/mol. The molecule has 0 saturated carbocycles. The molecule has 0 radical (unpaired) electrons. The minimum atomic E-state index is -0.323. The molecule has 1 atom stereocenters. The van der Waals surface area contributed by atoms with Crippen LogP contribution in [0.25, 0.3) is 0 Å². The summed E-state index contributed by atoms with van der Waals surface area (Å²) in [4.78, 5) is 12.9. The highest BCUT2D eigenvalue weighted by atomic mass is 16.5. The lowest BCUT2D eigenvalue weighted by Crippen LogP contribution is -2.19. The molecule has 0 unspecified atom stereocenters. The van der Waals surface area contributed by atoms with Crippen LogP contribution < -0.4 is 19.5 Å². The summed E-state index contributed by atoms with van der Waals surface area (Å²) in [5, 5.41) is 6.97. The van der Waals surface area contributed by atoms with Gasteiger partial charge in [0.05, 0.1) is 20.8 Å². The first kappa shape index (κ1) is 23.7. The van der Waals surface area contributed by atoms with Crippen LogP contribution in [0.15, 0.2) is 48.7 Å². The van der Waals surface area contributed by atoms with E-state index in [1.165, 1.54) is 0 Å². The maximum absolute atomic E-state index is 12.9. The third-order valence-corrected chi connectivity index (χ3v) is 4.62. The Morgan fingerprint density at radius 2 is 1.82 bits per heavy atom. The second-order valence-electron chi connectivity index (χ2n) is 7.25. The number of benzene rings is 2. The number of aromatic nitrogens is 2. The Balaban J connectivity index is 1.98. The minimum Gasteiger partial charge on any atom is -0.495 e. The number of ether oxygens (including phenoxy) is 4. The van der Waals surface area contributed by atoms with Crippen molar-refractivity contribution in [1.82, 2.24) is 9.78 Å². The number of hydrogen-bond donors (Lipinski definition) is 1. The molecule has 0 fully saturated rings. The predicted octanol–water partition coefficient (Wildman–Crippen LogP) is 3.50. The van der Waals surface area contributed by atoms with Gasteiger partial charge in [-0.1, -0.05) is 17.9 Å². The zero-order chi connectivity index (χ0) is 23.8. The summed E-state index contributed by atoms with van der Waals surface area (Å²) in [6, 6.07) is 12.3. The second-order valence-corrected chi connectivity index (χ2v) is 7.25. The van der Waals surface area contributed by atoms with Gasteiger partial charge in [-0.25, -0.2) is 0 Å². The Labute approximate surface area is 193 Å². The van der Waals surface area contributed by atoms with Gasteiger partial charge in [-0.3, -0.25) is 9.48 Å². The van der Waals surface area contributed by atoms with E-state index in [4.69, 9.17) is 18.9 Å². The summed E-state index contributed by atoms with van der Waals surface area (Å²) < 4.78 is 23.5. The first-order valence-corrected chi connectivity index (χ1v) is 10.3. The number of amides is 1. The van der Waals surface area contributed by atoms with E-state index in [1.54, 1.807) is 63.5 Å². The van der Waals surface area contributed by atoms with Gasteiger partial charge in [0.2, 0.25) is 0 Å². The molecule has 1 N–H and O–H groups in total. The number of carbonyl (C=O) groups excluding carboxylic acids is 1. The van der Waals surface area contributed by atoms with Gasteiger partial charge in [0.25, 0.3) is 5.91 Å². The maximum Gasteiger partial charge on any atom is 0.257 e. The summed E-state index contributed by atoms with van der Waals surface area (Å²) in [5.41, 5.74) is 1.59. The Bertz CT molecular complexity index is 1150. The topological polar surface area (TPSA) is 83.8 Å². The standard InChI is InChI=1S/C25H27N3O5/c1-17(16-30-3)33-20-14-18(9-10-21-22(31-4)7-6-8-23(21)32-5)13-19(15-20)25(29)26-24-11-12-28(2)27-24/h6-8,11-15,17H,16H2,1-5H3,(H,26,27,29)/t17-/m0/s1. The van der Waals surface area contributed by atoms with Crippen LogP contribution in [0.1, 0.15) is 28.4 Å². The maximum atomic E-state index is 12.9. The van der Waals surface area contributed by atoms with Crippen molar-refractivity contribution >= 4 is 11.7 Å². The van der Waals surface area contributed by atoms with E-state index in [-0.39, 0.29) is 12.0 Å². The van der Waals surface area contributed by atoms with Crippen molar-refractivity contribution in [2.75, 3.05) is 33.3 Å². The van der Waals surface area contributed by atoms with E-state index in [2.05, 4.69) is 22.3 Å². The largest absolute Gasteiger partial charge is 0.495 e. The van der Waals surface area contributed by atoms with Crippen LogP contribution in [0.4, 0.5) is 5.82 Å². The summed E-state index contributed by atoms with van der Waals surface area (Å²) in [7, 11) is 6.53. The number of rotatable bonds is 8. The summed E-state index contributed by atoms with van der Waals surface area (Å²) in [6.07, 6.45) is 1.54. The average Bonchev–Trinajstić information content (AvgIpc) is 3.21. The molecule has 1 amide bonds. The quantitative estimate of drug-likeness (QED) is 0.530. The number of aryl methyl sites for hydroxylation is 1. The van der Waals surface area contributed by atoms with Crippen molar-refractivity contribution in [3.63, 3.8) is 0 Å². The SMILES string of the molecule is COC[C@H](C)Oc1cc(C#Cc2c(OC)cccc2OC)cc(C(=O)Nc2ccn(C)n2)c1. The fourth-order valence-electron chi connectivity index (χ4n) is 3.15. The van der Waals surface area contributed by atoms with Crippen LogP contribution >= 0.6 is 0 Å². The number of nitrogens with one attached hydrogen (secondary N) is 1. The van der Waals surface area contributed by atoms with Gasteiger partial charge in [-0.2, -0.15) is 5.10 Å². The van der Waals surface area contributed by atoms with E-state index in [9.17, 15) is 4.79 Å². The van der Waals surface area contributed by atoms with Crippen molar-refractivity contribution in [2.24, 2.45) is 7.05 Å². The fourth-order valence-corrected chi connectivity index (χ4v) is 3.15. The van der Waals surface area contributed by atoms with Gasteiger partial charge < -0.3 is 24.3 Å². The van der Waals surface area contributed by atoms with Crippen LogP contribution in [0, 0.1) is 11.8 Å². The smallest absolute Gasteiger partial charge is 0.257 e. The fraction of sp³-hybridized carbons (Fsp3) is 0.280. The van der Waals surface area contributed by atoms with E-state index >= 15 is 0 Å². The Hall–Kier alpha value is -3.96. The summed E-state index contributed by atoms with van der Waals surface area (Å²) in [6.45, 7) is 2.29. The number of carbonyl (C=O) groups is 1. The van der Waals surface area contributed by atoms with Gasteiger partial charge >= 0.3 is 0 Å². The summed E-state index contributed by atoms with van der Waals surface area (Å²) >= 11 is 0. The highest BCUT2D eigenvalue weighted by molar-refractivity contribution is 6.04. The molecular weight excluding hydrogens is 422 g/mol. The molecule has 0 aliphatic heterocycles. The molecular formula is C25H27N3O5. The van der Waals surface area contributed by atoms with Crippen LogP contribution in [0.2, 0.25) is 0 Å². The highest BCUT2D eigenvalue weighted by Crippen LogP contribution is 2.27. The molecule has 33 heavy (non-hydrogen) atoms. The lowest BCUT2D eigenvalue weighted by Gasteiger charge is -2.15. The zero-order valence-electron chi connectivity index (χ0n) is 19.3. The number of methoxy groups -OCH3 is 3. The van der Waals surface area contributed by atoms with Crippen molar-refractivity contribution in [1.29, 1.82) is 0 Å². The molecule has 172 valence electrons. The number of anilines is 1. The molecule has 3 rings (SSSR count). The van der Waals surface area contributed by atoms with Gasteiger partial charge in [-0.15, -0.1) is 0 Å². The van der Waals surface area contributed by atoms with E-state index in [0.717, 1.165) is 0 Å². The van der Waals surface area contributed by atoms with Crippen LogP contribution in [-0.2, 0) is 11.8 Å².